The third kappa shape index (κ3) is 2.55. The third-order valence-corrected chi connectivity index (χ3v) is 1.79. The Morgan fingerprint density at radius 2 is 2.31 bits per heavy atom. The van der Waals surface area contributed by atoms with E-state index in [9.17, 15) is 9.00 Å². The predicted octanol–water partition coefficient (Wildman–Crippen LogP) is -0.140. The van der Waals surface area contributed by atoms with Crippen LogP contribution in [0.5, 0.6) is 0 Å². The largest absolute Gasteiger partial charge is 0.396 e. The van der Waals surface area contributed by atoms with E-state index < -0.39 is 15.6 Å². The normalized spacial score (nSPS) is 11.2. The SMILES string of the molecule is CS(C)(=O)=NC(=O)c1[nH]ncc1N. The van der Waals surface area contributed by atoms with Crippen molar-refractivity contribution in [2.45, 2.75) is 0 Å². The summed E-state index contributed by atoms with van der Waals surface area (Å²) in [7, 11) is -2.44. The van der Waals surface area contributed by atoms with Gasteiger partial charge in [0.15, 0.2) is 0 Å². The molecule has 0 spiro atoms. The molecular weight excluding hydrogens is 192 g/mol. The Bertz CT molecular complexity index is 433. The van der Waals surface area contributed by atoms with Gasteiger partial charge in [-0.3, -0.25) is 9.89 Å². The molecule has 0 aliphatic carbocycles. The van der Waals surface area contributed by atoms with Crippen LogP contribution in [-0.4, -0.2) is 32.8 Å². The summed E-state index contributed by atoms with van der Waals surface area (Å²) in [5.41, 5.74) is 5.68. The molecule has 1 rings (SSSR count). The molecule has 0 fully saturated rings. The summed E-state index contributed by atoms with van der Waals surface area (Å²) in [4.78, 5) is 11.2. The lowest BCUT2D eigenvalue weighted by molar-refractivity contribution is 0.100. The number of aromatic amines is 1. The summed E-state index contributed by atoms with van der Waals surface area (Å²) in [5, 5.41) is 5.93. The average molecular weight is 202 g/mol. The van der Waals surface area contributed by atoms with Crippen molar-refractivity contribution in [1.29, 1.82) is 0 Å². The van der Waals surface area contributed by atoms with Crippen LogP contribution in [0.2, 0.25) is 0 Å². The maximum absolute atomic E-state index is 11.2. The molecule has 1 aromatic rings. The van der Waals surface area contributed by atoms with Crippen molar-refractivity contribution in [3.05, 3.63) is 11.9 Å². The van der Waals surface area contributed by atoms with Crippen molar-refractivity contribution >= 4 is 21.3 Å². The molecule has 0 saturated carbocycles. The Morgan fingerprint density at radius 1 is 1.69 bits per heavy atom. The minimum Gasteiger partial charge on any atom is -0.396 e. The van der Waals surface area contributed by atoms with Gasteiger partial charge in [-0.2, -0.15) is 9.46 Å². The molecule has 1 heterocycles. The number of anilines is 1. The molecule has 6 nitrogen and oxygen atoms in total. The second-order valence-electron chi connectivity index (χ2n) is 2.78. The predicted molar refractivity (Wildman–Crippen MR) is 49.7 cm³/mol. The molecule has 72 valence electrons. The first-order valence-electron chi connectivity index (χ1n) is 3.40. The van der Waals surface area contributed by atoms with Crippen LogP contribution in [0, 0.1) is 0 Å². The summed E-state index contributed by atoms with van der Waals surface area (Å²) < 4.78 is 14.6. The molecule has 0 radical (unpaired) electrons. The maximum atomic E-state index is 11.2. The first kappa shape index (κ1) is 9.72. The molecule has 0 unspecified atom stereocenters. The Hall–Kier alpha value is -1.37. The van der Waals surface area contributed by atoms with Gasteiger partial charge in [0.2, 0.25) is 0 Å². The van der Waals surface area contributed by atoms with Crippen molar-refractivity contribution in [3.63, 3.8) is 0 Å². The topological polar surface area (TPSA) is 101 Å². The van der Waals surface area contributed by atoms with E-state index in [0.717, 1.165) is 0 Å². The zero-order valence-corrected chi connectivity index (χ0v) is 8.09. The maximum Gasteiger partial charge on any atom is 0.305 e. The van der Waals surface area contributed by atoms with Crippen LogP contribution in [0.4, 0.5) is 5.69 Å². The number of nitrogen functional groups attached to an aromatic ring is 1. The molecule has 0 aliphatic rings. The van der Waals surface area contributed by atoms with Crippen LogP contribution in [0.15, 0.2) is 10.6 Å². The number of aromatic nitrogens is 2. The van der Waals surface area contributed by atoms with E-state index in [2.05, 4.69) is 14.6 Å². The fourth-order valence-electron chi connectivity index (χ4n) is 0.712. The molecule has 0 aromatic carbocycles. The van der Waals surface area contributed by atoms with Gasteiger partial charge in [0, 0.05) is 22.2 Å². The summed E-state index contributed by atoms with van der Waals surface area (Å²) >= 11 is 0. The molecule has 0 atom stereocenters. The smallest absolute Gasteiger partial charge is 0.305 e. The van der Waals surface area contributed by atoms with E-state index in [1.165, 1.54) is 18.7 Å². The number of nitrogens with zero attached hydrogens (tertiary/aromatic N) is 2. The lowest BCUT2D eigenvalue weighted by atomic mass is 10.4. The van der Waals surface area contributed by atoms with Crippen molar-refractivity contribution in [1.82, 2.24) is 10.2 Å². The molecule has 7 heteroatoms. The van der Waals surface area contributed by atoms with Gasteiger partial charge in [0.1, 0.15) is 5.69 Å². The van der Waals surface area contributed by atoms with Gasteiger partial charge in [-0.25, -0.2) is 4.21 Å². The number of hydrogen-bond acceptors (Lipinski definition) is 4. The minimum atomic E-state index is -2.44. The van der Waals surface area contributed by atoms with Crippen LogP contribution in [0.25, 0.3) is 0 Å². The Kier molecular flexibility index (Phi) is 2.37. The van der Waals surface area contributed by atoms with Gasteiger partial charge < -0.3 is 5.73 Å². The van der Waals surface area contributed by atoms with Crippen molar-refractivity contribution in [3.8, 4) is 0 Å². The highest BCUT2D eigenvalue weighted by Crippen LogP contribution is 2.07. The number of H-pyrrole nitrogens is 1. The van der Waals surface area contributed by atoms with Crippen LogP contribution in [0.1, 0.15) is 10.5 Å². The highest BCUT2D eigenvalue weighted by atomic mass is 32.2. The summed E-state index contributed by atoms with van der Waals surface area (Å²) in [6.07, 6.45) is 4.05. The Labute approximate surface area is 75.7 Å². The number of carbonyl (C=O) groups is 1. The number of rotatable bonds is 1. The van der Waals surface area contributed by atoms with Crippen molar-refractivity contribution in [2.75, 3.05) is 18.2 Å². The monoisotopic (exact) mass is 202 g/mol. The van der Waals surface area contributed by atoms with Crippen LogP contribution in [-0.2, 0) is 9.73 Å². The number of carbonyl (C=O) groups excluding carboxylic acids is 1. The summed E-state index contributed by atoms with van der Waals surface area (Å²) in [6.45, 7) is 0. The van der Waals surface area contributed by atoms with Gasteiger partial charge >= 0.3 is 5.91 Å². The first-order chi connectivity index (χ1) is 5.90. The number of nitrogens with two attached hydrogens (primary N) is 1. The molecule has 1 amide bonds. The lowest BCUT2D eigenvalue weighted by Gasteiger charge is -1.94. The number of nitrogens with one attached hydrogen (secondary N) is 1. The standard InChI is InChI=1S/C6H10N4O2S/c1-13(2,12)10-6(11)5-4(7)3-8-9-5/h3H,7H2,1-2H3,(H,8,9). The highest BCUT2D eigenvalue weighted by molar-refractivity contribution is 7.92. The highest BCUT2D eigenvalue weighted by Gasteiger charge is 2.11. The quantitative estimate of drug-likeness (QED) is 0.661. The second kappa shape index (κ2) is 3.17. The van der Waals surface area contributed by atoms with Crippen LogP contribution < -0.4 is 5.73 Å². The molecule has 0 aliphatic heterocycles. The number of hydrogen-bond donors (Lipinski definition) is 2. The third-order valence-electron chi connectivity index (χ3n) is 1.19. The van der Waals surface area contributed by atoms with E-state index in [0.29, 0.717) is 0 Å². The van der Waals surface area contributed by atoms with Gasteiger partial charge in [-0.15, -0.1) is 0 Å². The zero-order chi connectivity index (χ0) is 10.1. The van der Waals surface area contributed by atoms with Crippen LogP contribution in [0.3, 0.4) is 0 Å². The van der Waals surface area contributed by atoms with E-state index in [-0.39, 0.29) is 11.4 Å². The minimum absolute atomic E-state index is 0.0800. The molecule has 3 N–H and O–H groups in total. The van der Waals surface area contributed by atoms with Crippen LogP contribution >= 0.6 is 0 Å². The molecular formula is C6H10N4O2S. The molecule has 13 heavy (non-hydrogen) atoms. The fourth-order valence-corrected chi connectivity index (χ4v) is 1.20. The van der Waals surface area contributed by atoms with Crippen molar-refractivity contribution < 1.29 is 9.00 Å². The van der Waals surface area contributed by atoms with Gasteiger partial charge in [-0.1, -0.05) is 0 Å². The van der Waals surface area contributed by atoms with E-state index in [1.807, 2.05) is 0 Å². The Morgan fingerprint density at radius 3 is 2.69 bits per heavy atom. The fraction of sp³-hybridized carbons (Fsp3) is 0.333. The van der Waals surface area contributed by atoms with Gasteiger partial charge in [0.05, 0.1) is 11.9 Å². The second-order valence-corrected chi connectivity index (χ2v) is 5.32. The van der Waals surface area contributed by atoms with Gasteiger partial charge in [0.25, 0.3) is 0 Å². The molecule has 1 aromatic heterocycles. The average Bonchev–Trinajstić information content (AvgIpc) is 2.30. The van der Waals surface area contributed by atoms with Gasteiger partial charge in [-0.05, 0) is 0 Å². The van der Waals surface area contributed by atoms with E-state index >= 15 is 0 Å². The molecule has 0 saturated heterocycles. The summed E-state index contributed by atoms with van der Waals surface area (Å²) in [5.74, 6) is -0.634. The van der Waals surface area contributed by atoms with E-state index in [1.54, 1.807) is 0 Å². The summed E-state index contributed by atoms with van der Waals surface area (Å²) in [6, 6.07) is 0. The Balaban J connectivity index is 3.08. The first-order valence-corrected chi connectivity index (χ1v) is 5.73. The zero-order valence-electron chi connectivity index (χ0n) is 7.27. The molecule has 0 bridgehead atoms. The lowest BCUT2D eigenvalue weighted by Crippen LogP contribution is -2.04. The van der Waals surface area contributed by atoms with E-state index in [4.69, 9.17) is 5.73 Å². The number of amides is 1. The van der Waals surface area contributed by atoms with Crippen molar-refractivity contribution in [2.24, 2.45) is 4.36 Å².